The molecule has 0 aliphatic heterocycles. The number of hydrogen-bond donors (Lipinski definition) is 2. The average Bonchev–Trinajstić information content (AvgIpc) is 3.07. The Hall–Kier alpha value is -0.340. The van der Waals surface area contributed by atoms with Gasteiger partial charge >= 0.3 is 6.18 Å². The second kappa shape index (κ2) is 7.44. The van der Waals surface area contributed by atoms with Crippen molar-refractivity contribution in [1.82, 2.24) is 10.0 Å². The molecule has 8 heteroatoms. The molecule has 1 aliphatic carbocycles. The van der Waals surface area contributed by atoms with E-state index < -0.39 is 22.6 Å². The molecule has 0 unspecified atom stereocenters. The fourth-order valence-corrected chi connectivity index (χ4v) is 2.78. The lowest BCUT2D eigenvalue weighted by Gasteiger charge is -2.08. The quantitative estimate of drug-likeness (QED) is 0.605. The van der Waals surface area contributed by atoms with E-state index in [0.29, 0.717) is 12.5 Å². The Morgan fingerprint density at radius 2 is 1.74 bits per heavy atom. The van der Waals surface area contributed by atoms with Crippen molar-refractivity contribution in [2.75, 3.05) is 18.8 Å². The van der Waals surface area contributed by atoms with Crippen LogP contribution >= 0.6 is 0 Å². The van der Waals surface area contributed by atoms with E-state index in [1.54, 1.807) is 0 Å². The maximum Gasteiger partial charge on any atom is 0.389 e. The zero-order valence-corrected chi connectivity index (χ0v) is 11.6. The van der Waals surface area contributed by atoms with E-state index in [0.717, 1.165) is 13.0 Å². The first-order valence-corrected chi connectivity index (χ1v) is 8.21. The molecule has 1 saturated carbocycles. The highest BCUT2D eigenvalue weighted by molar-refractivity contribution is 7.89. The molecule has 0 bridgehead atoms. The molecule has 0 spiro atoms. The van der Waals surface area contributed by atoms with Crippen LogP contribution < -0.4 is 10.0 Å². The first-order chi connectivity index (χ1) is 8.79. The van der Waals surface area contributed by atoms with E-state index in [1.807, 2.05) is 0 Å². The van der Waals surface area contributed by atoms with Gasteiger partial charge in [-0.15, -0.1) is 0 Å². The van der Waals surface area contributed by atoms with Crippen LogP contribution in [0.5, 0.6) is 0 Å². The summed E-state index contributed by atoms with van der Waals surface area (Å²) in [7, 11) is -3.43. The molecular formula is C11H21F3N2O2S. The second-order valence-electron chi connectivity index (χ2n) is 4.87. The summed E-state index contributed by atoms with van der Waals surface area (Å²) in [4.78, 5) is 0. The minimum Gasteiger partial charge on any atom is -0.314 e. The molecule has 2 N–H and O–H groups in total. The monoisotopic (exact) mass is 302 g/mol. The lowest BCUT2D eigenvalue weighted by molar-refractivity contribution is -0.135. The molecule has 0 atom stereocenters. The van der Waals surface area contributed by atoms with E-state index in [-0.39, 0.29) is 18.7 Å². The van der Waals surface area contributed by atoms with E-state index >= 15 is 0 Å². The molecule has 1 aliphatic rings. The third kappa shape index (κ3) is 10.1. The molecule has 4 nitrogen and oxygen atoms in total. The summed E-state index contributed by atoms with van der Waals surface area (Å²) in [5.41, 5.74) is 0. The molecule has 114 valence electrons. The molecule has 0 aromatic rings. The molecule has 0 aromatic heterocycles. The second-order valence-corrected chi connectivity index (χ2v) is 6.79. The maximum atomic E-state index is 11.8. The van der Waals surface area contributed by atoms with Crippen molar-refractivity contribution < 1.29 is 21.6 Å². The van der Waals surface area contributed by atoms with Crippen LogP contribution in [0.2, 0.25) is 0 Å². The highest BCUT2D eigenvalue weighted by Gasteiger charge is 2.26. The van der Waals surface area contributed by atoms with Gasteiger partial charge in [0.05, 0.1) is 5.75 Å². The standard InChI is InChI=1S/C11H21F3N2O2S/c12-11(13,14)6-3-8-16-19(17,18)9-2-1-7-15-10-4-5-10/h10,15-16H,1-9H2. The smallest absolute Gasteiger partial charge is 0.314 e. The van der Waals surface area contributed by atoms with Crippen LogP contribution in [0.25, 0.3) is 0 Å². The summed E-state index contributed by atoms with van der Waals surface area (Å²) < 4.78 is 60.6. The highest BCUT2D eigenvalue weighted by Crippen LogP contribution is 2.20. The Kier molecular flexibility index (Phi) is 6.55. The Morgan fingerprint density at radius 3 is 2.32 bits per heavy atom. The minimum absolute atomic E-state index is 0.0225. The Bertz CT molecular complexity index is 353. The van der Waals surface area contributed by atoms with Crippen LogP contribution in [-0.2, 0) is 10.0 Å². The molecule has 0 aromatic carbocycles. The van der Waals surface area contributed by atoms with Crippen molar-refractivity contribution in [1.29, 1.82) is 0 Å². The van der Waals surface area contributed by atoms with Gasteiger partial charge in [0, 0.05) is 19.0 Å². The molecule has 1 rings (SSSR count). The predicted octanol–water partition coefficient (Wildman–Crippen LogP) is 1.78. The lowest BCUT2D eigenvalue weighted by atomic mass is 10.3. The molecule has 1 fully saturated rings. The number of unbranched alkanes of at least 4 members (excludes halogenated alkanes) is 1. The fraction of sp³-hybridized carbons (Fsp3) is 1.00. The summed E-state index contributed by atoms with van der Waals surface area (Å²) in [5.74, 6) is -0.0225. The Balaban J connectivity index is 1.99. The summed E-state index contributed by atoms with van der Waals surface area (Å²) in [6.07, 6.45) is -1.72. The fourth-order valence-electron chi connectivity index (χ4n) is 1.60. The van der Waals surface area contributed by atoms with E-state index in [1.165, 1.54) is 12.8 Å². The summed E-state index contributed by atoms with van der Waals surface area (Å²) in [6, 6.07) is 0.608. The maximum absolute atomic E-state index is 11.8. The van der Waals surface area contributed by atoms with Crippen molar-refractivity contribution in [2.24, 2.45) is 0 Å². The van der Waals surface area contributed by atoms with Gasteiger partial charge in [0.2, 0.25) is 10.0 Å². The van der Waals surface area contributed by atoms with Gasteiger partial charge in [-0.3, -0.25) is 0 Å². The number of nitrogens with one attached hydrogen (secondary N) is 2. The summed E-state index contributed by atoms with van der Waals surface area (Å²) >= 11 is 0. The number of sulfonamides is 1. The van der Waals surface area contributed by atoms with Gasteiger partial charge in [-0.2, -0.15) is 13.2 Å². The zero-order valence-electron chi connectivity index (χ0n) is 10.8. The van der Waals surface area contributed by atoms with Crippen molar-refractivity contribution in [3.05, 3.63) is 0 Å². The Morgan fingerprint density at radius 1 is 1.05 bits per heavy atom. The first-order valence-electron chi connectivity index (χ1n) is 6.56. The summed E-state index contributed by atoms with van der Waals surface area (Å²) in [6.45, 7) is 0.649. The average molecular weight is 302 g/mol. The lowest BCUT2D eigenvalue weighted by Crippen LogP contribution is -2.28. The van der Waals surface area contributed by atoms with E-state index in [4.69, 9.17) is 0 Å². The van der Waals surface area contributed by atoms with E-state index in [9.17, 15) is 21.6 Å². The number of alkyl halides is 3. The van der Waals surface area contributed by atoms with Crippen LogP contribution in [-0.4, -0.2) is 39.5 Å². The van der Waals surface area contributed by atoms with Gasteiger partial charge < -0.3 is 5.32 Å². The predicted molar refractivity (Wildman–Crippen MR) is 67.3 cm³/mol. The first kappa shape index (κ1) is 16.7. The third-order valence-electron chi connectivity index (χ3n) is 2.81. The van der Waals surface area contributed by atoms with Crippen LogP contribution in [0.4, 0.5) is 13.2 Å². The molecule has 0 amide bonds. The number of halogens is 3. The van der Waals surface area contributed by atoms with Gasteiger partial charge in [-0.25, -0.2) is 13.1 Å². The van der Waals surface area contributed by atoms with Gasteiger partial charge in [-0.05, 0) is 38.6 Å². The van der Waals surface area contributed by atoms with Crippen LogP contribution in [0, 0.1) is 0 Å². The number of rotatable bonds is 10. The van der Waals surface area contributed by atoms with Crippen LogP contribution in [0.15, 0.2) is 0 Å². The van der Waals surface area contributed by atoms with Crippen LogP contribution in [0.1, 0.15) is 38.5 Å². The normalized spacial score (nSPS) is 16.8. The SMILES string of the molecule is O=S(=O)(CCCCNC1CC1)NCCCC(F)(F)F. The number of hydrogen-bond acceptors (Lipinski definition) is 3. The third-order valence-corrected chi connectivity index (χ3v) is 4.28. The van der Waals surface area contributed by atoms with Gasteiger partial charge in [0.15, 0.2) is 0 Å². The van der Waals surface area contributed by atoms with Gasteiger partial charge in [0.1, 0.15) is 0 Å². The minimum atomic E-state index is -4.22. The van der Waals surface area contributed by atoms with Crippen molar-refractivity contribution in [3.8, 4) is 0 Å². The molecular weight excluding hydrogens is 281 g/mol. The molecule has 0 heterocycles. The molecule has 0 radical (unpaired) electrons. The largest absolute Gasteiger partial charge is 0.389 e. The highest BCUT2D eigenvalue weighted by atomic mass is 32.2. The van der Waals surface area contributed by atoms with Gasteiger partial charge in [-0.1, -0.05) is 0 Å². The summed E-state index contributed by atoms with van der Waals surface area (Å²) in [5, 5.41) is 3.27. The van der Waals surface area contributed by atoms with Crippen LogP contribution in [0.3, 0.4) is 0 Å². The van der Waals surface area contributed by atoms with Crippen molar-refractivity contribution in [2.45, 2.75) is 50.7 Å². The zero-order chi connectivity index (χ0) is 14.4. The van der Waals surface area contributed by atoms with Crippen molar-refractivity contribution >= 4 is 10.0 Å². The van der Waals surface area contributed by atoms with E-state index in [2.05, 4.69) is 10.0 Å². The van der Waals surface area contributed by atoms with Gasteiger partial charge in [0.25, 0.3) is 0 Å². The topological polar surface area (TPSA) is 58.2 Å². The van der Waals surface area contributed by atoms with Crippen molar-refractivity contribution in [3.63, 3.8) is 0 Å². The molecule has 19 heavy (non-hydrogen) atoms. The molecule has 0 saturated heterocycles. The Labute approximate surface area is 112 Å².